The summed E-state index contributed by atoms with van der Waals surface area (Å²) < 4.78 is 6.94. The van der Waals surface area contributed by atoms with Gasteiger partial charge in [0.15, 0.2) is 0 Å². The molecule has 0 saturated heterocycles. The molecule has 0 aliphatic carbocycles. The lowest BCUT2D eigenvalue weighted by Crippen LogP contribution is -2.21. The van der Waals surface area contributed by atoms with Crippen molar-refractivity contribution in [3.05, 3.63) is 51.6 Å². The number of ether oxygens (including phenoxy) is 1. The van der Waals surface area contributed by atoms with Gasteiger partial charge in [0.25, 0.3) is 0 Å². The van der Waals surface area contributed by atoms with Crippen molar-refractivity contribution >= 4 is 15.9 Å². The Labute approximate surface area is 134 Å². The average Bonchev–Trinajstić information content (AvgIpc) is 2.43. The largest absolute Gasteiger partial charge is 0.438 e. The first-order valence-corrected chi connectivity index (χ1v) is 7.88. The fourth-order valence-electron chi connectivity index (χ4n) is 1.93. The van der Waals surface area contributed by atoms with E-state index in [1.54, 1.807) is 0 Å². The molecule has 0 unspecified atom stereocenters. The van der Waals surface area contributed by atoms with E-state index >= 15 is 0 Å². The van der Waals surface area contributed by atoms with Crippen LogP contribution in [0.5, 0.6) is 11.6 Å². The van der Waals surface area contributed by atoms with Gasteiger partial charge in [-0.2, -0.15) is 0 Å². The van der Waals surface area contributed by atoms with Crippen LogP contribution in [0.15, 0.2) is 34.9 Å². The third-order valence-electron chi connectivity index (χ3n) is 3.16. The second-order valence-corrected chi connectivity index (χ2v) is 6.43. The molecule has 112 valence electrons. The highest BCUT2D eigenvalue weighted by Crippen LogP contribution is 2.28. The molecule has 0 fully saturated rings. The number of aryl methyl sites for hydroxylation is 2. The second kappa shape index (κ2) is 7.05. The van der Waals surface area contributed by atoms with E-state index in [0.29, 0.717) is 11.9 Å². The maximum atomic E-state index is 5.94. The molecule has 1 N–H and O–H groups in total. The third-order valence-corrected chi connectivity index (χ3v) is 3.65. The summed E-state index contributed by atoms with van der Waals surface area (Å²) in [6.45, 7) is 9.13. The molecule has 2 aromatic rings. The first kappa shape index (κ1) is 16.0. The molecule has 1 heterocycles. The van der Waals surface area contributed by atoms with Gasteiger partial charge in [0, 0.05) is 28.8 Å². The Hall–Kier alpha value is -1.39. The molecule has 0 spiro atoms. The van der Waals surface area contributed by atoms with Gasteiger partial charge in [-0.1, -0.05) is 35.8 Å². The van der Waals surface area contributed by atoms with E-state index < -0.39 is 0 Å². The van der Waals surface area contributed by atoms with Crippen molar-refractivity contribution in [3.8, 4) is 11.6 Å². The highest BCUT2D eigenvalue weighted by atomic mass is 79.9. The maximum absolute atomic E-state index is 5.94. The molecule has 0 amide bonds. The predicted octanol–water partition coefficient (Wildman–Crippen LogP) is 4.75. The third kappa shape index (κ3) is 4.55. The predicted molar refractivity (Wildman–Crippen MR) is 89.9 cm³/mol. The van der Waals surface area contributed by atoms with Crippen molar-refractivity contribution in [2.45, 2.75) is 40.3 Å². The topological polar surface area (TPSA) is 34.1 Å². The Morgan fingerprint density at radius 2 is 1.95 bits per heavy atom. The lowest BCUT2D eigenvalue weighted by molar-refractivity contribution is 0.454. The normalized spacial score (nSPS) is 11.0. The number of hydrogen-bond donors (Lipinski definition) is 1. The lowest BCUT2D eigenvalue weighted by atomic mass is 10.2. The van der Waals surface area contributed by atoms with Crippen LogP contribution < -0.4 is 10.1 Å². The molecule has 0 aliphatic rings. The molecule has 0 radical (unpaired) electrons. The van der Waals surface area contributed by atoms with Gasteiger partial charge in [-0.3, -0.25) is 0 Å². The molecular weight excluding hydrogens is 328 g/mol. The first-order valence-electron chi connectivity index (χ1n) is 7.08. The van der Waals surface area contributed by atoms with Gasteiger partial charge in [-0.15, -0.1) is 0 Å². The van der Waals surface area contributed by atoms with Crippen LogP contribution in [0.3, 0.4) is 0 Å². The quantitative estimate of drug-likeness (QED) is 0.846. The van der Waals surface area contributed by atoms with Crippen LogP contribution >= 0.6 is 15.9 Å². The number of rotatable bonds is 5. The second-order valence-electron chi connectivity index (χ2n) is 5.51. The molecule has 1 aromatic heterocycles. The lowest BCUT2D eigenvalue weighted by Gasteiger charge is -2.12. The Bertz CT molecular complexity index is 626. The van der Waals surface area contributed by atoms with E-state index in [1.807, 2.05) is 38.2 Å². The van der Waals surface area contributed by atoms with Gasteiger partial charge < -0.3 is 10.1 Å². The SMILES string of the molecule is Cc1ccc(Br)cc1Oc1ncc(CNC(C)C)cc1C. The summed E-state index contributed by atoms with van der Waals surface area (Å²) in [7, 11) is 0. The number of hydrogen-bond acceptors (Lipinski definition) is 3. The van der Waals surface area contributed by atoms with Gasteiger partial charge >= 0.3 is 0 Å². The van der Waals surface area contributed by atoms with Gasteiger partial charge in [0.05, 0.1) is 0 Å². The molecule has 4 heteroatoms. The fourth-order valence-corrected chi connectivity index (χ4v) is 2.27. The van der Waals surface area contributed by atoms with Gasteiger partial charge in [-0.25, -0.2) is 4.98 Å². The Balaban J connectivity index is 2.15. The van der Waals surface area contributed by atoms with Crippen LogP contribution in [0.2, 0.25) is 0 Å². The van der Waals surface area contributed by atoms with Crippen LogP contribution in [0.1, 0.15) is 30.5 Å². The Morgan fingerprint density at radius 1 is 1.19 bits per heavy atom. The summed E-state index contributed by atoms with van der Waals surface area (Å²) in [6.07, 6.45) is 1.87. The number of benzene rings is 1. The molecule has 1 aromatic carbocycles. The molecule has 0 bridgehead atoms. The van der Waals surface area contributed by atoms with Crippen molar-refractivity contribution in [1.29, 1.82) is 0 Å². The number of pyridine rings is 1. The highest BCUT2D eigenvalue weighted by molar-refractivity contribution is 9.10. The fraction of sp³-hybridized carbons (Fsp3) is 0.353. The van der Waals surface area contributed by atoms with Crippen molar-refractivity contribution in [1.82, 2.24) is 10.3 Å². The van der Waals surface area contributed by atoms with Crippen molar-refractivity contribution in [2.24, 2.45) is 0 Å². The molecule has 3 nitrogen and oxygen atoms in total. The van der Waals surface area contributed by atoms with Crippen molar-refractivity contribution in [3.63, 3.8) is 0 Å². The highest BCUT2D eigenvalue weighted by Gasteiger charge is 2.07. The molecular formula is C17H21BrN2O. The summed E-state index contributed by atoms with van der Waals surface area (Å²) in [6, 6.07) is 8.57. The number of nitrogens with one attached hydrogen (secondary N) is 1. The van der Waals surface area contributed by atoms with Gasteiger partial charge in [0.2, 0.25) is 5.88 Å². The number of aromatic nitrogens is 1. The zero-order valence-electron chi connectivity index (χ0n) is 12.9. The summed E-state index contributed by atoms with van der Waals surface area (Å²) in [5, 5.41) is 3.39. The molecule has 0 atom stereocenters. The average molecular weight is 349 g/mol. The van der Waals surface area contributed by atoms with E-state index in [9.17, 15) is 0 Å². The summed E-state index contributed by atoms with van der Waals surface area (Å²) in [5.41, 5.74) is 3.29. The Kier molecular flexibility index (Phi) is 5.37. The van der Waals surface area contributed by atoms with Crippen LogP contribution in [0.4, 0.5) is 0 Å². The van der Waals surface area contributed by atoms with Crippen LogP contribution in [0.25, 0.3) is 0 Å². The van der Waals surface area contributed by atoms with E-state index in [-0.39, 0.29) is 0 Å². The van der Waals surface area contributed by atoms with E-state index in [0.717, 1.165) is 27.9 Å². The molecule has 0 saturated carbocycles. The molecule has 0 aliphatic heterocycles. The maximum Gasteiger partial charge on any atom is 0.222 e. The number of nitrogens with zero attached hydrogens (tertiary/aromatic N) is 1. The summed E-state index contributed by atoms with van der Waals surface area (Å²) >= 11 is 3.47. The molecule has 21 heavy (non-hydrogen) atoms. The van der Waals surface area contributed by atoms with Crippen LogP contribution in [-0.2, 0) is 6.54 Å². The molecule has 2 rings (SSSR count). The van der Waals surface area contributed by atoms with E-state index in [2.05, 4.69) is 46.1 Å². The monoisotopic (exact) mass is 348 g/mol. The minimum atomic E-state index is 0.463. The van der Waals surface area contributed by atoms with E-state index in [4.69, 9.17) is 4.74 Å². The smallest absolute Gasteiger partial charge is 0.222 e. The van der Waals surface area contributed by atoms with Crippen LogP contribution in [-0.4, -0.2) is 11.0 Å². The first-order chi connectivity index (χ1) is 9.95. The van der Waals surface area contributed by atoms with Crippen molar-refractivity contribution in [2.75, 3.05) is 0 Å². The zero-order chi connectivity index (χ0) is 15.4. The Morgan fingerprint density at radius 3 is 2.62 bits per heavy atom. The van der Waals surface area contributed by atoms with Crippen LogP contribution in [0, 0.1) is 13.8 Å². The number of halogens is 1. The zero-order valence-corrected chi connectivity index (χ0v) is 14.5. The minimum absolute atomic E-state index is 0.463. The van der Waals surface area contributed by atoms with Gasteiger partial charge in [-0.05, 0) is 43.2 Å². The summed E-state index contributed by atoms with van der Waals surface area (Å²) in [4.78, 5) is 4.44. The standard InChI is InChI=1S/C17H21BrN2O/c1-11(2)19-9-14-7-13(4)17(20-10-14)21-16-8-15(18)6-5-12(16)3/h5-8,10-11,19H,9H2,1-4H3. The minimum Gasteiger partial charge on any atom is -0.438 e. The van der Waals surface area contributed by atoms with Gasteiger partial charge in [0.1, 0.15) is 5.75 Å². The van der Waals surface area contributed by atoms with Crippen molar-refractivity contribution < 1.29 is 4.74 Å². The van der Waals surface area contributed by atoms with E-state index in [1.165, 1.54) is 5.56 Å². The summed E-state index contributed by atoms with van der Waals surface area (Å²) in [5.74, 6) is 1.48.